The molecule has 0 atom stereocenters. The van der Waals surface area contributed by atoms with Gasteiger partial charge in [0.05, 0.1) is 19.1 Å². The van der Waals surface area contributed by atoms with Crippen LogP contribution < -0.4 is 10.1 Å². The molecule has 7 heteroatoms. The van der Waals surface area contributed by atoms with Gasteiger partial charge in [-0.1, -0.05) is 23.7 Å². The number of carbonyl (C=O) groups excluding carboxylic acids is 1. The number of thiazole rings is 1. The third-order valence-electron chi connectivity index (χ3n) is 4.67. The average molecular weight is 439 g/mol. The van der Waals surface area contributed by atoms with Gasteiger partial charge in [0.25, 0.3) is 0 Å². The van der Waals surface area contributed by atoms with Gasteiger partial charge in [0.2, 0.25) is 5.91 Å². The maximum Gasteiger partial charge on any atom is 0.250 e. The third-order valence-corrected chi connectivity index (χ3v) is 5.80. The van der Waals surface area contributed by atoms with E-state index in [-0.39, 0.29) is 5.91 Å². The van der Waals surface area contributed by atoms with Crippen LogP contribution in [0.25, 0.3) is 27.7 Å². The van der Waals surface area contributed by atoms with Crippen molar-refractivity contribution in [2.75, 3.05) is 12.4 Å². The molecule has 1 N–H and O–H groups in total. The summed E-state index contributed by atoms with van der Waals surface area (Å²) in [5.41, 5.74) is 5.10. The molecule has 2 aromatic carbocycles. The summed E-state index contributed by atoms with van der Waals surface area (Å²) in [5, 5.41) is 6.86. The molecule has 5 nitrogen and oxygen atoms in total. The molecule has 0 fully saturated rings. The minimum absolute atomic E-state index is 0.242. The molecule has 0 saturated carbocycles. The molecule has 2 aromatic heterocycles. The summed E-state index contributed by atoms with van der Waals surface area (Å²) in [4.78, 5) is 16.7. The Morgan fingerprint density at radius 1 is 1.27 bits per heavy atom. The number of amides is 1. The Bertz CT molecular complexity index is 1260. The number of ether oxygens (including phenoxy) is 1. The number of hydrogen-bond donors (Lipinski definition) is 1. The number of aromatic nitrogens is 1. The van der Waals surface area contributed by atoms with E-state index in [4.69, 9.17) is 20.8 Å². The van der Waals surface area contributed by atoms with Crippen molar-refractivity contribution in [2.45, 2.75) is 13.8 Å². The van der Waals surface area contributed by atoms with E-state index in [2.05, 4.69) is 10.3 Å². The van der Waals surface area contributed by atoms with E-state index in [1.165, 1.54) is 11.3 Å². The summed E-state index contributed by atoms with van der Waals surface area (Å²) < 4.78 is 11.3. The fraction of sp³-hybridized carbons (Fsp3) is 0.130. The summed E-state index contributed by atoms with van der Waals surface area (Å²) in [6.07, 6.45) is 3.26. The monoisotopic (exact) mass is 438 g/mol. The van der Waals surface area contributed by atoms with Crippen molar-refractivity contribution in [3.05, 3.63) is 70.4 Å². The zero-order valence-corrected chi connectivity index (χ0v) is 18.2. The van der Waals surface area contributed by atoms with Gasteiger partial charge in [-0.2, -0.15) is 0 Å². The molecule has 152 valence electrons. The lowest BCUT2D eigenvalue weighted by Gasteiger charge is -2.10. The van der Waals surface area contributed by atoms with Gasteiger partial charge in [0.1, 0.15) is 11.3 Å². The predicted octanol–water partition coefficient (Wildman–Crippen LogP) is 6.57. The highest BCUT2D eigenvalue weighted by atomic mass is 35.5. The number of carbonyl (C=O) groups is 1. The number of anilines is 1. The molecular weight excluding hydrogens is 420 g/mol. The number of fused-ring (bicyclic) bond motifs is 1. The molecule has 0 aliphatic carbocycles. The molecule has 0 aliphatic rings. The summed E-state index contributed by atoms with van der Waals surface area (Å²) in [7, 11) is 1.60. The molecule has 30 heavy (non-hydrogen) atoms. The van der Waals surface area contributed by atoms with Crippen molar-refractivity contribution in [1.82, 2.24) is 4.98 Å². The Kier molecular flexibility index (Phi) is 5.61. The molecule has 0 spiro atoms. The Morgan fingerprint density at radius 3 is 2.70 bits per heavy atom. The Labute approximate surface area is 183 Å². The number of benzene rings is 2. The Balaban J connectivity index is 1.72. The van der Waals surface area contributed by atoms with Gasteiger partial charge < -0.3 is 9.15 Å². The summed E-state index contributed by atoms with van der Waals surface area (Å²) in [5.74, 6) is 0.389. The number of nitrogens with zero attached hydrogens (tertiary/aromatic N) is 1. The van der Waals surface area contributed by atoms with Crippen LogP contribution in [0, 0.1) is 6.92 Å². The number of furan rings is 1. The van der Waals surface area contributed by atoms with E-state index < -0.39 is 0 Å². The van der Waals surface area contributed by atoms with Gasteiger partial charge in [0.15, 0.2) is 5.13 Å². The van der Waals surface area contributed by atoms with Crippen LogP contribution in [0.4, 0.5) is 5.13 Å². The summed E-state index contributed by atoms with van der Waals surface area (Å²) >= 11 is 7.41. The van der Waals surface area contributed by atoms with Crippen molar-refractivity contribution < 1.29 is 13.9 Å². The van der Waals surface area contributed by atoms with Gasteiger partial charge in [-0.05, 0) is 43.2 Å². The van der Waals surface area contributed by atoms with Crippen molar-refractivity contribution in [3.63, 3.8) is 0 Å². The van der Waals surface area contributed by atoms with Crippen molar-refractivity contribution in [2.24, 2.45) is 0 Å². The highest BCUT2D eigenvalue weighted by Crippen LogP contribution is 2.37. The molecule has 0 aliphatic heterocycles. The molecular formula is C23H19ClN2O3S. The molecule has 0 bridgehead atoms. The van der Waals surface area contributed by atoms with E-state index in [9.17, 15) is 4.79 Å². The average Bonchev–Trinajstić information content (AvgIpc) is 3.32. The fourth-order valence-electron chi connectivity index (χ4n) is 3.21. The molecule has 1 amide bonds. The number of hydrogen-bond acceptors (Lipinski definition) is 5. The lowest BCUT2D eigenvalue weighted by atomic mass is 9.99. The highest BCUT2D eigenvalue weighted by Gasteiger charge is 2.15. The van der Waals surface area contributed by atoms with Crippen LogP contribution in [0.1, 0.15) is 18.2 Å². The Hall–Kier alpha value is -3.09. The maximum atomic E-state index is 12.4. The zero-order chi connectivity index (χ0) is 21.3. The fourth-order valence-corrected chi connectivity index (χ4v) is 4.03. The number of halogens is 1. The van der Waals surface area contributed by atoms with Crippen LogP contribution in [0.5, 0.6) is 5.75 Å². The number of methoxy groups -OCH3 is 1. The first-order chi connectivity index (χ1) is 14.4. The van der Waals surface area contributed by atoms with E-state index in [1.807, 2.05) is 55.6 Å². The van der Waals surface area contributed by atoms with Gasteiger partial charge in [-0.25, -0.2) is 4.98 Å². The first kappa shape index (κ1) is 20.2. The van der Waals surface area contributed by atoms with Crippen LogP contribution in [-0.4, -0.2) is 18.0 Å². The van der Waals surface area contributed by atoms with E-state index in [1.54, 1.807) is 19.4 Å². The molecule has 2 heterocycles. The van der Waals surface area contributed by atoms with Gasteiger partial charge in [0, 0.05) is 39.1 Å². The minimum atomic E-state index is -0.242. The number of allylic oxidation sites excluding steroid dienone is 1. The standard InChI is InChI=1S/C23H19ClN2O3S/c1-13(8-22(27)26-23-25-14(2)12-30-23)17-9-18-19(15-4-6-16(24)7-5-15)11-29-21(18)10-20(17)28-3/h4-12H,1-3H3,(H,25,26,27)/b13-8+. The zero-order valence-electron chi connectivity index (χ0n) is 16.7. The molecule has 4 aromatic rings. The number of aryl methyl sites for hydroxylation is 1. The normalized spacial score (nSPS) is 11.7. The molecule has 4 rings (SSSR count). The topological polar surface area (TPSA) is 64.4 Å². The second kappa shape index (κ2) is 8.34. The quantitative estimate of drug-likeness (QED) is 0.358. The maximum absolute atomic E-state index is 12.4. The van der Waals surface area contributed by atoms with Crippen molar-refractivity contribution in [1.29, 1.82) is 0 Å². The predicted molar refractivity (Wildman–Crippen MR) is 122 cm³/mol. The van der Waals surface area contributed by atoms with Gasteiger partial charge >= 0.3 is 0 Å². The van der Waals surface area contributed by atoms with Crippen molar-refractivity contribution >= 4 is 50.5 Å². The van der Waals surface area contributed by atoms with Crippen LogP contribution >= 0.6 is 22.9 Å². The van der Waals surface area contributed by atoms with Crippen LogP contribution in [-0.2, 0) is 4.79 Å². The SMILES string of the molecule is COc1cc2occ(-c3ccc(Cl)cc3)c2cc1/C(C)=C/C(=O)Nc1nc(C)cs1. The van der Waals surface area contributed by atoms with E-state index in [0.29, 0.717) is 21.5 Å². The second-order valence-electron chi connectivity index (χ2n) is 6.82. The largest absolute Gasteiger partial charge is 0.496 e. The lowest BCUT2D eigenvalue weighted by Crippen LogP contribution is -2.08. The second-order valence-corrected chi connectivity index (χ2v) is 8.11. The first-order valence-electron chi connectivity index (χ1n) is 9.21. The van der Waals surface area contributed by atoms with Gasteiger partial charge in [-0.3, -0.25) is 10.1 Å². The number of nitrogens with one attached hydrogen (secondary N) is 1. The first-order valence-corrected chi connectivity index (χ1v) is 10.5. The Morgan fingerprint density at radius 2 is 2.03 bits per heavy atom. The summed E-state index contributed by atoms with van der Waals surface area (Å²) in [6.45, 7) is 3.76. The van der Waals surface area contributed by atoms with E-state index >= 15 is 0 Å². The molecule has 0 unspecified atom stereocenters. The van der Waals surface area contributed by atoms with Crippen LogP contribution in [0.2, 0.25) is 5.02 Å². The molecule has 0 saturated heterocycles. The van der Waals surface area contributed by atoms with E-state index in [0.717, 1.165) is 33.3 Å². The minimum Gasteiger partial charge on any atom is -0.496 e. The lowest BCUT2D eigenvalue weighted by molar-refractivity contribution is -0.111. The highest BCUT2D eigenvalue weighted by molar-refractivity contribution is 7.13. The van der Waals surface area contributed by atoms with Gasteiger partial charge in [-0.15, -0.1) is 11.3 Å². The summed E-state index contributed by atoms with van der Waals surface area (Å²) in [6, 6.07) is 11.4. The van der Waals surface area contributed by atoms with Crippen molar-refractivity contribution in [3.8, 4) is 16.9 Å². The third kappa shape index (κ3) is 4.10. The smallest absolute Gasteiger partial charge is 0.250 e. The van der Waals surface area contributed by atoms with Crippen LogP contribution in [0.3, 0.4) is 0 Å². The number of rotatable bonds is 5. The molecule has 0 radical (unpaired) electrons. The van der Waals surface area contributed by atoms with Crippen LogP contribution in [0.15, 0.2) is 58.5 Å².